The van der Waals surface area contributed by atoms with Gasteiger partial charge in [-0.3, -0.25) is 0 Å². The van der Waals surface area contributed by atoms with Crippen molar-refractivity contribution in [2.45, 2.75) is 38.4 Å². The lowest BCUT2D eigenvalue weighted by Gasteiger charge is -2.28. The van der Waals surface area contributed by atoms with Gasteiger partial charge in [-0.05, 0) is 33.3 Å². The van der Waals surface area contributed by atoms with Crippen molar-refractivity contribution in [3.63, 3.8) is 0 Å². The average Bonchev–Trinajstić information content (AvgIpc) is 2.46. The quantitative estimate of drug-likeness (QED) is 0.271. The van der Waals surface area contributed by atoms with Crippen LogP contribution in [-0.2, 0) is 13.3 Å². The maximum atomic E-state index is 5.82. The summed E-state index contributed by atoms with van der Waals surface area (Å²) in [5.41, 5.74) is 0. The van der Waals surface area contributed by atoms with E-state index in [9.17, 15) is 0 Å². The Morgan fingerprint density at radius 1 is 1.00 bits per heavy atom. The van der Waals surface area contributed by atoms with Gasteiger partial charge in [0.1, 0.15) is 0 Å². The highest BCUT2D eigenvalue weighted by Gasteiger charge is 2.39. The fourth-order valence-electron chi connectivity index (χ4n) is 1.81. The third-order valence-corrected chi connectivity index (χ3v) is 6.61. The number of hydrogen-bond donors (Lipinski definition) is 0. The van der Waals surface area contributed by atoms with E-state index < -0.39 is 8.80 Å². The van der Waals surface area contributed by atoms with Crippen LogP contribution >= 0.6 is 11.8 Å². The van der Waals surface area contributed by atoms with Gasteiger partial charge in [-0.1, -0.05) is 11.8 Å². The first-order chi connectivity index (χ1) is 9.76. The molecule has 0 unspecified atom stereocenters. The predicted molar refractivity (Wildman–Crippen MR) is 82.8 cm³/mol. The summed E-state index contributed by atoms with van der Waals surface area (Å²) >= 11 is 1.65. The summed E-state index contributed by atoms with van der Waals surface area (Å²) in [5.74, 6) is 0.936. The van der Waals surface area contributed by atoms with Crippen molar-refractivity contribution in [3.8, 4) is 0 Å². The van der Waals surface area contributed by atoms with E-state index in [1.807, 2.05) is 26.8 Å². The van der Waals surface area contributed by atoms with Gasteiger partial charge in [-0.15, -0.1) is 0 Å². The fraction of sp³-hybridized carbons (Fsp3) is 0.692. The van der Waals surface area contributed by atoms with Crippen molar-refractivity contribution in [2.75, 3.05) is 25.6 Å². The monoisotopic (exact) mass is 316 g/mol. The third kappa shape index (κ3) is 6.32. The number of nitrogens with zero attached hydrogens (tertiary/aromatic N) is 2. The van der Waals surface area contributed by atoms with Crippen LogP contribution in [0, 0.1) is 0 Å². The number of hydrogen-bond acceptors (Lipinski definition) is 6. The van der Waals surface area contributed by atoms with Gasteiger partial charge in [0.2, 0.25) is 0 Å². The molecule has 0 radical (unpaired) electrons. The number of aromatic nitrogens is 2. The van der Waals surface area contributed by atoms with Crippen molar-refractivity contribution in [3.05, 3.63) is 18.5 Å². The second-order valence-electron chi connectivity index (χ2n) is 3.97. The number of rotatable bonds is 11. The Labute approximate surface area is 126 Å². The number of thioether (sulfide) groups is 1. The van der Waals surface area contributed by atoms with Gasteiger partial charge in [-0.2, -0.15) is 0 Å². The minimum absolute atomic E-state index is 0.626. The molecule has 114 valence electrons. The maximum Gasteiger partial charge on any atom is 0.500 e. The SMILES string of the molecule is CCO[Si](CCCSc1ncccn1)(OCC)OCC. The standard InChI is InChI=1S/C13H24N2O3SSi/c1-4-16-20(17-5-2,18-6-3)12-8-11-19-13-14-9-7-10-15-13/h7,9-10H,4-6,8,11-12H2,1-3H3. The van der Waals surface area contributed by atoms with Gasteiger partial charge >= 0.3 is 8.80 Å². The first-order valence-electron chi connectivity index (χ1n) is 7.08. The molecule has 0 amide bonds. The van der Waals surface area contributed by atoms with Crippen LogP contribution in [0.25, 0.3) is 0 Å². The Kier molecular flexibility index (Phi) is 9.04. The van der Waals surface area contributed by atoms with Gasteiger partial charge in [0.15, 0.2) is 5.16 Å². The summed E-state index contributed by atoms with van der Waals surface area (Å²) in [6.45, 7) is 7.81. The molecular weight excluding hydrogens is 292 g/mol. The highest BCUT2D eigenvalue weighted by molar-refractivity contribution is 7.99. The van der Waals surface area contributed by atoms with Crippen LogP contribution in [0.4, 0.5) is 0 Å². The lowest BCUT2D eigenvalue weighted by Crippen LogP contribution is -2.46. The van der Waals surface area contributed by atoms with E-state index in [0.717, 1.165) is 23.4 Å². The first kappa shape index (κ1) is 17.6. The maximum absolute atomic E-state index is 5.82. The Balaban J connectivity index is 2.40. The summed E-state index contributed by atoms with van der Waals surface area (Å²) in [6, 6.07) is 2.66. The fourth-order valence-corrected chi connectivity index (χ4v) is 5.42. The van der Waals surface area contributed by atoms with Crippen molar-refractivity contribution in [1.29, 1.82) is 0 Å². The van der Waals surface area contributed by atoms with Crippen LogP contribution in [0.1, 0.15) is 27.2 Å². The second kappa shape index (κ2) is 10.3. The molecule has 0 spiro atoms. The highest BCUT2D eigenvalue weighted by Crippen LogP contribution is 2.21. The third-order valence-electron chi connectivity index (χ3n) is 2.49. The smallest absolute Gasteiger partial charge is 0.374 e. The summed E-state index contributed by atoms with van der Waals surface area (Å²) in [4.78, 5) is 8.38. The topological polar surface area (TPSA) is 53.5 Å². The van der Waals surface area contributed by atoms with Crippen LogP contribution in [0.5, 0.6) is 0 Å². The molecular formula is C13H24N2O3SSi. The molecule has 20 heavy (non-hydrogen) atoms. The molecule has 1 heterocycles. The van der Waals surface area contributed by atoms with Crippen LogP contribution in [-0.4, -0.2) is 44.3 Å². The predicted octanol–water partition coefficient (Wildman–Crippen LogP) is 3.01. The molecule has 7 heteroatoms. The van der Waals surface area contributed by atoms with E-state index in [1.165, 1.54) is 0 Å². The summed E-state index contributed by atoms with van der Waals surface area (Å²) in [7, 11) is -2.49. The van der Waals surface area contributed by atoms with Gasteiger partial charge in [0.05, 0.1) is 0 Å². The van der Waals surface area contributed by atoms with Crippen LogP contribution in [0.2, 0.25) is 6.04 Å². The van der Waals surface area contributed by atoms with Crippen LogP contribution < -0.4 is 0 Å². The van der Waals surface area contributed by atoms with Gasteiger partial charge in [0.25, 0.3) is 0 Å². The normalized spacial score (nSPS) is 11.8. The molecule has 1 aromatic rings. The zero-order valence-electron chi connectivity index (χ0n) is 12.5. The average molecular weight is 316 g/mol. The molecule has 0 saturated heterocycles. The molecule has 0 aliphatic heterocycles. The molecule has 1 rings (SSSR count). The van der Waals surface area contributed by atoms with Crippen molar-refractivity contribution < 1.29 is 13.3 Å². The largest absolute Gasteiger partial charge is 0.500 e. The Morgan fingerprint density at radius 2 is 1.55 bits per heavy atom. The van der Waals surface area contributed by atoms with Crippen LogP contribution in [0.3, 0.4) is 0 Å². The van der Waals surface area contributed by atoms with Crippen molar-refractivity contribution in [2.24, 2.45) is 0 Å². The Hall–Kier alpha value is -0.473. The van der Waals surface area contributed by atoms with E-state index in [2.05, 4.69) is 9.97 Å². The molecule has 5 nitrogen and oxygen atoms in total. The molecule has 0 bridgehead atoms. The molecule has 0 atom stereocenters. The minimum atomic E-state index is -2.49. The summed E-state index contributed by atoms with van der Waals surface area (Å²) in [6.07, 6.45) is 4.49. The van der Waals surface area contributed by atoms with E-state index in [1.54, 1.807) is 24.2 Å². The van der Waals surface area contributed by atoms with Gasteiger partial charge in [0, 0.05) is 44.0 Å². The van der Waals surface area contributed by atoms with Gasteiger partial charge < -0.3 is 13.3 Å². The molecule has 0 aliphatic carbocycles. The first-order valence-corrected chi connectivity index (χ1v) is 9.99. The molecule has 0 aromatic carbocycles. The molecule has 0 N–H and O–H groups in total. The Morgan fingerprint density at radius 3 is 2.05 bits per heavy atom. The van der Waals surface area contributed by atoms with E-state index in [4.69, 9.17) is 13.3 Å². The zero-order valence-corrected chi connectivity index (χ0v) is 14.3. The van der Waals surface area contributed by atoms with Gasteiger partial charge in [-0.25, -0.2) is 9.97 Å². The molecule has 1 aromatic heterocycles. The van der Waals surface area contributed by atoms with E-state index in [0.29, 0.717) is 19.8 Å². The lowest BCUT2D eigenvalue weighted by molar-refractivity contribution is 0.0712. The molecule has 0 fully saturated rings. The molecule has 0 saturated carbocycles. The summed E-state index contributed by atoms with van der Waals surface area (Å²) in [5, 5.41) is 0.809. The lowest BCUT2D eigenvalue weighted by atomic mass is 10.6. The van der Waals surface area contributed by atoms with Crippen molar-refractivity contribution >= 4 is 20.6 Å². The second-order valence-corrected chi connectivity index (χ2v) is 7.76. The van der Waals surface area contributed by atoms with E-state index in [-0.39, 0.29) is 0 Å². The molecule has 0 aliphatic rings. The zero-order chi connectivity index (χ0) is 14.7. The van der Waals surface area contributed by atoms with Crippen LogP contribution in [0.15, 0.2) is 23.6 Å². The highest BCUT2D eigenvalue weighted by atomic mass is 32.2. The minimum Gasteiger partial charge on any atom is -0.374 e. The summed E-state index contributed by atoms with van der Waals surface area (Å²) < 4.78 is 17.4. The Bertz CT molecular complexity index is 340. The van der Waals surface area contributed by atoms with Crippen molar-refractivity contribution in [1.82, 2.24) is 9.97 Å². The van der Waals surface area contributed by atoms with E-state index >= 15 is 0 Å².